The minimum absolute atomic E-state index is 0.0821. The van der Waals surface area contributed by atoms with Gasteiger partial charge in [0, 0.05) is 30.2 Å². The molecule has 1 amide bonds. The van der Waals surface area contributed by atoms with Gasteiger partial charge in [-0.3, -0.25) is 14.6 Å². The van der Waals surface area contributed by atoms with Gasteiger partial charge in [-0.1, -0.05) is 48.5 Å². The maximum atomic E-state index is 11.8. The van der Waals surface area contributed by atoms with E-state index in [1.54, 1.807) is 31.6 Å². The van der Waals surface area contributed by atoms with Crippen LogP contribution in [-0.4, -0.2) is 46.2 Å². The van der Waals surface area contributed by atoms with Crippen molar-refractivity contribution in [3.05, 3.63) is 84.4 Å². The Morgan fingerprint density at radius 3 is 1.76 bits per heavy atom. The van der Waals surface area contributed by atoms with E-state index in [1.807, 2.05) is 48.5 Å². The predicted molar refractivity (Wildman–Crippen MR) is 110 cm³/mol. The number of hydrogen-bond donors (Lipinski definition) is 1. The Bertz CT molecular complexity index is 1180. The van der Waals surface area contributed by atoms with Crippen LogP contribution in [0.25, 0.3) is 21.5 Å². The molecule has 2 aromatic carbocycles. The lowest BCUT2D eigenvalue weighted by Gasteiger charge is -2.12. The zero-order valence-corrected chi connectivity index (χ0v) is 15.9. The van der Waals surface area contributed by atoms with E-state index in [0.29, 0.717) is 5.69 Å². The zero-order valence-electron chi connectivity index (χ0n) is 15.9. The van der Waals surface area contributed by atoms with E-state index >= 15 is 0 Å². The number of nitrogens with zero attached hydrogens (tertiary/aromatic N) is 3. The van der Waals surface area contributed by atoms with Crippen LogP contribution in [0.4, 0.5) is 0 Å². The number of aromatic nitrogens is 2. The number of pyridine rings is 2. The Balaban J connectivity index is 0.000000169. The maximum absolute atomic E-state index is 11.8. The molecule has 7 heteroatoms. The molecule has 0 aliphatic heterocycles. The van der Waals surface area contributed by atoms with E-state index in [4.69, 9.17) is 9.94 Å². The van der Waals surface area contributed by atoms with Gasteiger partial charge in [-0.2, -0.15) is 0 Å². The summed E-state index contributed by atoms with van der Waals surface area (Å²) in [6.07, 6.45) is 3.25. The SMILES string of the molecule is CON(C)C(=O)c1cc2ccccc2cn1.O=C(O)c1cc2ccccc2cn1. The molecule has 0 spiro atoms. The number of benzene rings is 2. The van der Waals surface area contributed by atoms with Gasteiger partial charge in [-0.25, -0.2) is 14.8 Å². The number of aromatic carboxylic acids is 1. The molecule has 2 aromatic heterocycles. The highest BCUT2D eigenvalue weighted by atomic mass is 16.7. The first-order valence-corrected chi connectivity index (χ1v) is 8.74. The van der Waals surface area contributed by atoms with Crippen molar-refractivity contribution in [3.8, 4) is 0 Å². The summed E-state index contributed by atoms with van der Waals surface area (Å²) in [5, 5.41) is 13.7. The molecule has 0 unspecified atom stereocenters. The number of carboxylic acid groups (broad SMARTS) is 1. The summed E-state index contributed by atoms with van der Waals surface area (Å²) < 4.78 is 0. The number of hydroxylamine groups is 2. The third-order valence-corrected chi connectivity index (χ3v) is 4.26. The number of carbonyl (C=O) groups is 2. The number of fused-ring (bicyclic) bond motifs is 2. The Labute approximate surface area is 167 Å². The minimum Gasteiger partial charge on any atom is -0.477 e. The van der Waals surface area contributed by atoms with Crippen molar-refractivity contribution >= 4 is 33.4 Å². The van der Waals surface area contributed by atoms with Crippen molar-refractivity contribution in [2.75, 3.05) is 14.2 Å². The largest absolute Gasteiger partial charge is 0.477 e. The predicted octanol–water partition coefficient (Wildman–Crippen LogP) is 3.80. The van der Waals surface area contributed by atoms with Crippen LogP contribution in [-0.2, 0) is 4.84 Å². The molecule has 7 nitrogen and oxygen atoms in total. The van der Waals surface area contributed by atoms with Gasteiger partial charge in [0.25, 0.3) is 5.91 Å². The van der Waals surface area contributed by atoms with Gasteiger partial charge in [0.1, 0.15) is 11.4 Å². The first-order valence-electron chi connectivity index (χ1n) is 8.74. The minimum atomic E-state index is -0.995. The van der Waals surface area contributed by atoms with Crippen LogP contribution in [0.1, 0.15) is 21.0 Å². The molecule has 0 bridgehead atoms. The molecule has 4 rings (SSSR count). The molecule has 1 N–H and O–H groups in total. The molecule has 0 aliphatic carbocycles. The molecule has 0 saturated heterocycles. The Morgan fingerprint density at radius 1 is 0.828 bits per heavy atom. The van der Waals surface area contributed by atoms with Crippen molar-refractivity contribution in [3.63, 3.8) is 0 Å². The lowest BCUT2D eigenvalue weighted by Crippen LogP contribution is -2.26. The van der Waals surface area contributed by atoms with E-state index in [2.05, 4.69) is 9.97 Å². The van der Waals surface area contributed by atoms with Crippen molar-refractivity contribution in [2.45, 2.75) is 0 Å². The Morgan fingerprint density at radius 2 is 1.28 bits per heavy atom. The van der Waals surface area contributed by atoms with Gasteiger partial charge < -0.3 is 5.11 Å². The summed E-state index contributed by atoms with van der Waals surface area (Å²) in [6, 6.07) is 18.6. The fourth-order valence-corrected chi connectivity index (χ4v) is 2.65. The topological polar surface area (TPSA) is 92.6 Å². The van der Waals surface area contributed by atoms with Gasteiger partial charge in [-0.15, -0.1) is 0 Å². The molecule has 0 atom stereocenters. The van der Waals surface area contributed by atoms with Crippen LogP contribution in [0, 0.1) is 0 Å². The third-order valence-electron chi connectivity index (χ3n) is 4.26. The number of amides is 1. The molecule has 146 valence electrons. The van der Waals surface area contributed by atoms with Gasteiger partial charge in [0.05, 0.1) is 7.11 Å². The number of carboxylic acids is 1. The summed E-state index contributed by atoms with van der Waals surface area (Å²) in [6.45, 7) is 0. The average molecular weight is 389 g/mol. The normalized spacial score (nSPS) is 10.3. The van der Waals surface area contributed by atoms with E-state index in [1.165, 1.54) is 7.11 Å². The van der Waals surface area contributed by atoms with E-state index < -0.39 is 5.97 Å². The van der Waals surface area contributed by atoms with E-state index in [9.17, 15) is 9.59 Å². The molecular formula is C22H19N3O4. The second kappa shape index (κ2) is 8.90. The Hall–Kier alpha value is -3.84. The van der Waals surface area contributed by atoms with Crippen LogP contribution in [0.3, 0.4) is 0 Å². The second-order valence-corrected chi connectivity index (χ2v) is 6.12. The lowest BCUT2D eigenvalue weighted by atomic mass is 10.1. The number of carbonyl (C=O) groups excluding carboxylic acids is 1. The monoisotopic (exact) mass is 389 g/mol. The summed E-state index contributed by atoms with van der Waals surface area (Å²) >= 11 is 0. The number of rotatable bonds is 3. The smallest absolute Gasteiger partial charge is 0.354 e. The highest BCUT2D eigenvalue weighted by Gasteiger charge is 2.12. The molecule has 4 aromatic rings. The fraction of sp³-hybridized carbons (Fsp3) is 0.0909. The molecule has 0 radical (unpaired) electrons. The molecule has 0 saturated carbocycles. The van der Waals surface area contributed by atoms with Crippen LogP contribution >= 0.6 is 0 Å². The number of hydrogen-bond acceptors (Lipinski definition) is 5. The van der Waals surface area contributed by atoms with Gasteiger partial charge in [-0.05, 0) is 22.9 Å². The fourth-order valence-electron chi connectivity index (χ4n) is 2.65. The first kappa shape index (κ1) is 19.9. The van der Waals surface area contributed by atoms with Gasteiger partial charge in [0.15, 0.2) is 0 Å². The average Bonchev–Trinajstić information content (AvgIpc) is 2.77. The van der Waals surface area contributed by atoms with E-state index in [0.717, 1.165) is 26.6 Å². The molecular weight excluding hydrogens is 370 g/mol. The highest BCUT2D eigenvalue weighted by Crippen LogP contribution is 2.14. The molecule has 2 heterocycles. The summed E-state index contributed by atoms with van der Waals surface area (Å²) in [7, 11) is 3.00. The van der Waals surface area contributed by atoms with Crippen molar-refractivity contribution in [2.24, 2.45) is 0 Å². The summed E-state index contributed by atoms with van der Waals surface area (Å²) in [5.74, 6) is -1.25. The molecule has 0 fully saturated rings. The van der Waals surface area contributed by atoms with Crippen LogP contribution < -0.4 is 0 Å². The zero-order chi connectivity index (χ0) is 20.8. The van der Waals surface area contributed by atoms with Crippen LogP contribution in [0.5, 0.6) is 0 Å². The van der Waals surface area contributed by atoms with Crippen molar-refractivity contribution < 1.29 is 19.5 Å². The lowest BCUT2D eigenvalue weighted by molar-refractivity contribution is -0.0760. The quantitative estimate of drug-likeness (QED) is 0.536. The first-order chi connectivity index (χ1) is 14.0. The van der Waals surface area contributed by atoms with Crippen LogP contribution in [0.15, 0.2) is 73.1 Å². The second-order valence-electron chi connectivity index (χ2n) is 6.12. The standard InChI is InChI=1S/C12H12N2O2.C10H7NO2/c1-14(16-2)12(15)11-7-9-5-3-4-6-10(9)8-13-11;12-10(13)9-5-7-3-1-2-4-8(7)6-11-9/h3-8H,1-2H3;1-6H,(H,12,13). The van der Waals surface area contributed by atoms with Crippen LogP contribution in [0.2, 0.25) is 0 Å². The van der Waals surface area contributed by atoms with Gasteiger partial charge >= 0.3 is 5.97 Å². The Kier molecular flexibility index (Phi) is 6.11. The third kappa shape index (κ3) is 4.72. The van der Waals surface area contributed by atoms with Crippen molar-refractivity contribution in [1.29, 1.82) is 0 Å². The van der Waals surface area contributed by atoms with Crippen molar-refractivity contribution in [1.82, 2.24) is 15.0 Å². The molecule has 29 heavy (non-hydrogen) atoms. The van der Waals surface area contributed by atoms with E-state index in [-0.39, 0.29) is 11.6 Å². The summed E-state index contributed by atoms with van der Waals surface area (Å²) in [4.78, 5) is 35.1. The van der Waals surface area contributed by atoms with Gasteiger partial charge in [0.2, 0.25) is 0 Å². The highest BCUT2D eigenvalue weighted by molar-refractivity contribution is 5.95. The summed E-state index contributed by atoms with van der Waals surface area (Å²) in [5.41, 5.74) is 0.460. The molecule has 0 aliphatic rings. The maximum Gasteiger partial charge on any atom is 0.354 e.